The van der Waals surface area contributed by atoms with Gasteiger partial charge in [0.25, 0.3) is 0 Å². The van der Waals surface area contributed by atoms with Crippen molar-refractivity contribution < 1.29 is 18.6 Å². The van der Waals surface area contributed by atoms with Crippen LogP contribution in [0.15, 0.2) is 57.9 Å². The zero-order chi connectivity index (χ0) is 23.9. The molecule has 182 valence electrons. The van der Waals surface area contributed by atoms with E-state index in [1.165, 1.54) is 0 Å². The van der Waals surface area contributed by atoms with Crippen molar-refractivity contribution >= 4 is 17.0 Å². The third kappa shape index (κ3) is 6.22. The Hall–Kier alpha value is -2.75. The Bertz CT molecular complexity index is 1060. The van der Waals surface area contributed by atoms with Crippen LogP contribution >= 0.6 is 0 Å². The van der Waals surface area contributed by atoms with E-state index in [1.807, 2.05) is 48.5 Å². The molecule has 1 fully saturated rings. The molecule has 1 saturated heterocycles. The van der Waals surface area contributed by atoms with Gasteiger partial charge in [0.2, 0.25) is 0 Å². The maximum Gasteiger partial charge on any atom is 0.324 e. The summed E-state index contributed by atoms with van der Waals surface area (Å²) in [6, 6.07) is 16.3. The molecule has 2 heterocycles. The third-order valence-electron chi connectivity index (χ3n) is 5.97. The zero-order valence-corrected chi connectivity index (χ0v) is 20.6. The topological polar surface area (TPSA) is 101 Å². The number of nitrogens with one attached hydrogen (secondary N) is 1. The number of hydrogen-bond acceptors (Lipinski definition) is 7. The Labute approximate surface area is 202 Å². The van der Waals surface area contributed by atoms with E-state index in [2.05, 4.69) is 33.6 Å². The first-order chi connectivity index (χ1) is 16.5. The molecule has 4 rings (SSSR count). The van der Waals surface area contributed by atoms with Gasteiger partial charge in [0, 0.05) is 19.0 Å². The number of piperidine rings is 1. The molecule has 1 aromatic heterocycles. The summed E-state index contributed by atoms with van der Waals surface area (Å²) in [6.45, 7) is 6.88. The lowest BCUT2D eigenvalue weighted by molar-refractivity contribution is 0.220. The fraction of sp³-hybridized carbons (Fsp3) is 0.440. The molecule has 0 amide bonds. The fourth-order valence-electron chi connectivity index (χ4n) is 3.87. The van der Waals surface area contributed by atoms with Crippen LogP contribution in [0.25, 0.3) is 11.1 Å². The molecule has 0 bridgehead atoms. The van der Waals surface area contributed by atoms with Gasteiger partial charge in [-0.15, -0.1) is 4.72 Å². The van der Waals surface area contributed by atoms with Gasteiger partial charge >= 0.3 is 6.01 Å². The number of thiol groups is 1. The molecule has 0 radical (unpaired) electrons. The van der Waals surface area contributed by atoms with Crippen LogP contribution < -0.4 is 14.4 Å². The minimum Gasteiger partial charge on any atom is -0.493 e. The van der Waals surface area contributed by atoms with Gasteiger partial charge in [0.1, 0.15) is 5.75 Å². The molecule has 0 saturated carbocycles. The smallest absolute Gasteiger partial charge is 0.324 e. The average Bonchev–Trinajstić information content (AvgIpc) is 3.38. The van der Waals surface area contributed by atoms with Crippen molar-refractivity contribution in [1.29, 1.82) is 0 Å². The average molecular weight is 486 g/mol. The highest BCUT2D eigenvalue weighted by molar-refractivity contribution is 7.83. The van der Waals surface area contributed by atoms with Crippen molar-refractivity contribution in [2.45, 2.75) is 37.5 Å². The Morgan fingerprint density at radius 2 is 1.76 bits per heavy atom. The molecule has 1 atom stereocenters. The van der Waals surface area contributed by atoms with Gasteiger partial charge in [-0.05, 0) is 66.3 Å². The van der Waals surface area contributed by atoms with E-state index in [-0.39, 0.29) is 12.5 Å². The van der Waals surface area contributed by atoms with E-state index < -0.39 is 11.0 Å². The molecule has 8 nitrogen and oxygen atoms in total. The largest absolute Gasteiger partial charge is 0.493 e. The third-order valence-corrected chi connectivity index (χ3v) is 7.25. The van der Waals surface area contributed by atoms with E-state index in [1.54, 1.807) is 0 Å². The predicted octanol–water partition coefficient (Wildman–Crippen LogP) is 3.71. The van der Waals surface area contributed by atoms with E-state index in [9.17, 15) is 4.21 Å². The summed E-state index contributed by atoms with van der Waals surface area (Å²) in [5.74, 6) is 2.38. The summed E-state index contributed by atoms with van der Waals surface area (Å²) < 4.78 is 26.4. The molecule has 1 aliphatic rings. The number of aromatic nitrogens is 2. The monoisotopic (exact) mass is 485 g/mol. The molecule has 2 N–H and O–H groups in total. The maximum atomic E-state index is 12.1. The van der Waals surface area contributed by atoms with E-state index >= 15 is 0 Å². The molecule has 0 aliphatic carbocycles. The SMILES string of the molecule is CC(C)c1noc(N2CCC(COc3ccc(-c4ccc([SH+](=O)NCCO)cc4)cc3)CC2)n1. The van der Waals surface area contributed by atoms with Crippen LogP contribution in [0.4, 0.5) is 6.01 Å². The van der Waals surface area contributed by atoms with Crippen LogP contribution in [0.5, 0.6) is 5.75 Å². The number of nitrogens with zero attached hydrogens (tertiary/aromatic N) is 3. The molecule has 1 unspecified atom stereocenters. The highest BCUT2D eigenvalue weighted by atomic mass is 32.2. The number of ether oxygens (including phenoxy) is 1. The second-order valence-electron chi connectivity index (χ2n) is 8.83. The van der Waals surface area contributed by atoms with E-state index in [0.29, 0.717) is 25.1 Å². The van der Waals surface area contributed by atoms with Crippen molar-refractivity contribution in [2.75, 3.05) is 37.7 Å². The number of aliphatic hydroxyl groups excluding tert-OH is 1. The van der Waals surface area contributed by atoms with Gasteiger partial charge in [0.15, 0.2) is 21.7 Å². The van der Waals surface area contributed by atoms with Crippen molar-refractivity contribution in [2.24, 2.45) is 5.92 Å². The minimum absolute atomic E-state index is 0.0356. The van der Waals surface area contributed by atoms with Gasteiger partial charge in [-0.2, -0.15) is 4.98 Å². The molecular formula is C25H33N4O4S+. The summed E-state index contributed by atoms with van der Waals surface area (Å²) in [6.07, 6.45) is 2.05. The number of hydrogen-bond donors (Lipinski definition) is 2. The minimum atomic E-state index is -1.69. The highest BCUT2D eigenvalue weighted by Gasteiger charge is 2.24. The van der Waals surface area contributed by atoms with Crippen molar-refractivity contribution in [3.05, 3.63) is 54.4 Å². The van der Waals surface area contributed by atoms with Crippen LogP contribution in [0, 0.1) is 5.92 Å². The standard InChI is InChI=1S/C25H32N4O4S/c1-18(2)24-27-25(33-28-24)29-14-11-19(12-15-29)17-32-22-7-3-20(4-8-22)21-5-9-23(10-6-21)34(31)26-13-16-30/h3-10,18-19,30H,11-17H2,1-2H3,(H,26,31)/p+1. The lowest BCUT2D eigenvalue weighted by atomic mass is 9.98. The molecule has 1 aliphatic heterocycles. The Morgan fingerprint density at radius 3 is 2.35 bits per heavy atom. The molecule has 2 aromatic carbocycles. The predicted molar refractivity (Wildman–Crippen MR) is 133 cm³/mol. The van der Waals surface area contributed by atoms with Gasteiger partial charge in [0.05, 0.1) is 19.8 Å². The zero-order valence-electron chi connectivity index (χ0n) is 19.7. The lowest BCUT2D eigenvalue weighted by Gasteiger charge is -2.30. The Morgan fingerprint density at radius 1 is 1.12 bits per heavy atom. The summed E-state index contributed by atoms with van der Waals surface area (Å²) in [7, 11) is -1.69. The van der Waals surface area contributed by atoms with Crippen LogP contribution in [0.3, 0.4) is 0 Å². The lowest BCUT2D eigenvalue weighted by Crippen LogP contribution is -2.35. The number of anilines is 1. The molecule has 0 spiro atoms. The van der Waals surface area contributed by atoms with Crippen molar-refractivity contribution in [3.8, 4) is 16.9 Å². The first kappa shape index (κ1) is 24.4. The van der Waals surface area contributed by atoms with Gasteiger partial charge in [-0.25, -0.2) is 0 Å². The van der Waals surface area contributed by atoms with Crippen LogP contribution in [0.2, 0.25) is 0 Å². The van der Waals surface area contributed by atoms with Gasteiger partial charge in [-0.3, -0.25) is 0 Å². The highest BCUT2D eigenvalue weighted by Crippen LogP contribution is 2.26. The first-order valence-corrected chi connectivity index (χ1v) is 13.0. The van der Waals surface area contributed by atoms with Gasteiger partial charge in [-0.1, -0.05) is 35.3 Å². The van der Waals surface area contributed by atoms with E-state index in [0.717, 1.165) is 53.5 Å². The molecule has 3 aromatic rings. The van der Waals surface area contributed by atoms with Gasteiger partial charge < -0.3 is 19.3 Å². The second kappa shape index (κ2) is 11.6. The summed E-state index contributed by atoms with van der Waals surface area (Å²) in [5.41, 5.74) is 2.13. The van der Waals surface area contributed by atoms with Crippen LogP contribution in [-0.2, 0) is 15.2 Å². The van der Waals surface area contributed by atoms with E-state index in [4.69, 9.17) is 14.4 Å². The first-order valence-electron chi connectivity index (χ1n) is 11.8. The second-order valence-corrected chi connectivity index (χ2v) is 10.3. The number of aliphatic hydroxyl groups is 1. The molecular weight excluding hydrogens is 452 g/mol. The normalized spacial score (nSPS) is 15.6. The Kier molecular flexibility index (Phi) is 8.31. The molecule has 34 heavy (non-hydrogen) atoms. The van der Waals surface area contributed by atoms with Crippen molar-refractivity contribution in [1.82, 2.24) is 14.9 Å². The summed E-state index contributed by atoms with van der Waals surface area (Å²) in [5, 5.41) is 12.9. The Balaban J connectivity index is 1.24. The number of benzene rings is 2. The van der Waals surface area contributed by atoms with Crippen LogP contribution in [0.1, 0.15) is 38.4 Å². The summed E-state index contributed by atoms with van der Waals surface area (Å²) >= 11 is 0. The summed E-state index contributed by atoms with van der Waals surface area (Å²) in [4.78, 5) is 7.38. The van der Waals surface area contributed by atoms with Crippen LogP contribution in [-0.4, -0.2) is 48.1 Å². The van der Waals surface area contributed by atoms with Crippen molar-refractivity contribution in [3.63, 3.8) is 0 Å². The number of rotatable bonds is 10. The fourth-order valence-corrected chi connectivity index (χ4v) is 4.78. The maximum absolute atomic E-state index is 12.1. The molecule has 9 heteroatoms. The quantitative estimate of drug-likeness (QED) is 0.333.